The van der Waals surface area contributed by atoms with Gasteiger partial charge < -0.3 is 15.5 Å². The number of aliphatic hydroxyl groups is 1. The average Bonchev–Trinajstić information content (AvgIpc) is 3.07. The van der Waals surface area contributed by atoms with Gasteiger partial charge in [-0.15, -0.1) is 0 Å². The minimum absolute atomic E-state index is 0.0197. The molecule has 25 heavy (non-hydrogen) atoms. The average molecular weight is 391 g/mol. The summed E-state index contributed by atoms with van der Waals surface area (Å²) in [5, 5.41) is 20.6. The Labute approximate surface area is 150 Å². The van der Waals surface area contributed by atoms with E-state index in [2.05, 4.69) is 5.32 Å². The Balaban J connectivity index is 2.32. The second-order valence-electron chi connectivity index (χ2n) is 5.79. The van der Waals surface area contributed by atoms with E-state index in [-0.39, 0.29) is 15.5 Å². The zero-order chi connectivity index (χ0) is 18.8. The summed E-state index contributed by atoms with van der Waals surface area (Å²) in [6.45, 7) is 2.00. The number of hydrogen-bond donors (Lipinski definition) is 3. The number of rotatable bonds is 6. The molecule has 1 heterocycles. The SMILES string of the molecule is C[C@@H](O)[C@H](NC(=O)c1ccc(Cl)c(S(=O)(=O)N2CCCC2)c1)C(=O)O. The standard InChI is InChI=1S/C15H19ClN2O6S/c1-9(19)13(15(21)22)17-14(20)10-4-5-11(16)12(8-10)25(23,24)18-6-2-3-7-18/h4-5,8-9,13,19H,2-3,6-7H2,1H3,(H,17,20)(H,21,22)/t9-,13+/m1/s1. The molecule has 0 aromatic heterocycles. The number of aliphatic hydroxyl groups excluding tert-OH is 1. The van der Waals surface area contributed by atoms with Gasteiger partial charge in [-0.2, -0.15) is 4.31 Å². The van der Waals surface area contributed by atoms with Gasteiger partial charge >= 0.3 is 5.97 Å². The van der Waals surface area contributed by atoms with Crippen LogP contribution in [0.3, 0.4) is 0 Å². The number of hydrogen-bond acceptors (Lipinski definition) is 5. The second kappa shape index (κ2) is 7.69. The number of nitrogens with one attached hydrogen (secondary N) is 1. The number of amides is 1. The molecule has 1 amide bonds. The minimum atomic E-state index is -3.83. The Morgan fingerprint density at radius 3 is 2.40 bits per heavy atom. The fraction of sp³-hybridized carbons (Fsp3) is 0.467. The number of carbonyl (C=O) groups excluding carboxylic acids is 1. The number of halogens is 1. The van der Waals surface area contributed by atoms with Crippen LogP contribution in [0.2, 0.25) is 5.02 Å². The molecule has 1 aromatic carbocycles. The van der Waals surface area contributed by atoms with Crippen molar-refractivity contribution in [3.63, 3.8) is 0 Å². The molecule has 8 nitrogen and oxygen atoms in total. The van der Waals surface area contributed by atoms with Gasteiger partial charge in [0.05, 0.1) is 11.1 Å². The largest absolute Gasteiger partial charge is 0.480 e. The fourth-order valence-corrected chi connectivity index (χ4v) is 4.54. The predicted octanol–water partition coefficient (Wildman–Crippen LogP) is 0.688. The van der Waals surface area contributed by atoms with Gasteiger partial charge in [0.15, 0.2) is 6.04 Å². The molecule has 10 heteroatoms. The van der Waals surface area contributed by atoms with E-state index in [4.69, 9.17) is 16.7 Å². The van der Waals surface area contributed by atoms with E-state index in [9.17, 15) is 23.1 Å². The number of carboxylic acids is 1. The van der Waals surface area contributed by atoms with Gasteiger partial charge in [-0.1, -0.05) is 11.6 Å². The van der Waals surface area contributed by atoms with Crippen LogP contribution < -0.4 is 5.32 Å². The van der Waals surface area contributed by atoms with Crippen LogP contribution in [0.1, 0.15) is 30.1 Å². The van der Waals surface area contributed by atoms with Gasteiger partial charge in [0.1, 0.15) is 4.90 Å². The highest BCUT2D eigenvalue weighted by Gasteiger charge is 2.31. The molecule has 1 fully saturated rings. The van der Waals surface area contributed by atoms with E-state index in [1.165, 1.54) is 23.4 Å². The first-order valence-corrected chi connectivity index (χ1v) is 9.48. The monoisotopic (exact) mass is 390 g/mol. The number of benzene rings is 1. The Morgan fingerprint density at radius 2 is 1.88 bits per heavy atom. The Bertz CT molecular complexity index is 774. The first-order chi connectivity index (χ1) is 11.6. The molecular formula is C15H19ClN2O6S. The lowest BCUT2D eigenvalue weighted by Gasteiger charge is -2.19. The third kappa shape index (κ3) is 4.30. The van der Waals surface area contributed by atoms with E-state index in [0.29, 0.717) is 13.1 Å². The second-order valence-corrected chi connectivity index (χ2v) is 8.10. The van der Waals surface area contributed by atoms with Gasteiger partial charge in [0.25, 0.3) is 5.91 Å². The van der Waals surface area contributed by atoms with Crippen LogP contribution >= 0.6 is 11.6 Å². The van der Waals surface area contributed by atoms with Crippen LogP contribution in [-0.4, -0.2) is 60.0 Å². The van der Waals surface area contributed by atoms with E-state index in [1.54, 1.807) is 0 Å². The summed E-state index contributed by atoms with van der Waals surface area (Å²) >= 11 is 6.00. The molecule has 0 bridgehead atoms. The highest BCUT2D eigenvalue weighted by atomic mass is 35.5. The van der Waals surface area contributed by atoms with Crippen molar-refractivity contribution < 1.29 is 28.2 Å². The van der Waals surface area contributed by atoms with E-state index >= 15 is 0 Å². The maximum Gasteiger partial charge on any atom is 0.328 e. The summed E-state index contributed by atoms with van der Waals surface area (Å²) in [4.78, 5) is 23.1. The third-order valence-electron chi connectivity index (χ3n) is 3.91. The topological polar surface area (TPSA) is 124 Å². The zero-order valence-corrected chi connectivity index (χ0v) is 15.0. The van der Waals surface area contributed by atoms with Crippen molar-refractivity contribution in [3.8, 4) is 0 Å². The number of nitrogens with zero attached hydrogens (tertiary/aromatic N) is 1. The summed E-state index contributed by atoms with van der Waals surface area (Å²) in [5.74, 6) is -2.22. The highest BCUT2D eigenvalue weighted by Crippen LogP contribution is 2.28. The molecule has 0 radical (unpaired) electrons. The Hall–Kier alpha value is -1.68. The first-order valence-electron chi connectivity index (χ1n) is 7.66. The van der Waals surface area contributed by atoms with Crippen molar-refractivity contribution in [3.05, 3.63) is 28.8 Å². The van der Waals surface area contributed by atoms with Crippen LogP contribution in [0, 0.1) is 0 Å². The normalized spacial score (nSPS) is 17.9. The lowest BCUT2D eigenvalue weighted by atomic mass is 10.1. The van der Waals surface area contributed by atoms with Crippen molar-refractivity contribution in [2.45, 2.75) is 36.8 Å². The number of aliphatic carboxylic acids is 1. The zero-order valence-electron chi connectivity index (χ0n) is 13.5. The molecule has 138 valence electrons. The molecule has 2 atom stereocenters. The van der Waals surface area contributed by atoms with E-state index in [0.717, 1.165) is 18.9 Å². The number of carboxylic acid groups (broad SMARTS) is 1. The lowest BCUT2D eigenvalue weighted by molar-refractivity contribution is -0.141. The van der Waals surface area contributed by atoms with Gasteiger partial charge in [-0.3, -0.25) is 4.79 Å². The molecule has 3 N–H and O–H groups in total. The highest BCUT2D eigenvalue weighted by molar-refractivity contribution is 7.89. The van der Waals surface area contributed by atoms with Gasteiger partial charge in [0, 0.05) is 18.7 Å². The molecule has 0 spiro atoms. The van der Waals surface area contributed by atoms with E-state index in [1.807, 2.05) is 0 Å². The summed E-state index contributed by atoms with van der Waals surface area (Å²) in [6, 6.07) is 2.17. The van der Waals surface area contributed by atoms with Gasteiger partial charge in [0.2, 0.25) is 10.0 Å². The summed E-state index contributed by atoms with van der Waals surface area (Å²) < 4.78 is 26.6. The Kier molecular flexibility index (Phi) is 6.04. The summed E-state index contributed by atoms with van der Waals surface area (Å²) in [6.07, 6.45) is 0.193. The smallest absolute Gasteiger partial charge is 0.328 e. The van der Waals surface area contributed by atoms with Crippen LogP contribution in [0.15, 0.2) is 23.1 Å². The van der Waals surface area contributed by atoms with Crippen LogP contribution in [0.4, 0.5) is 0 Å². The Morgan fingerprint density at radius 1 is 1.28 bits per heavy atom. The summed E-state index contributed by atoms with van der Waals surface area (Å²) in [7, 11) is -3.83. The van der Waals surface area contributed by atoms with Gasteiger partial charge in [-0.05, 0) is 38.0 Å². The van der Waals surface area contributed by atoms with Crippen LogP contribution in [0.25, 0.3) is 0 Å². The molecule has 0 aliphatic carbocycles. The first kappa shape index (κ1) is 19.6. The van der Waals surface area contributed by atoms with Crippen molar-refractivity contribution >= 4 is 33.5 Å². The molecule has 1 saturated heterocycles. The maximum absolute atomic E-state index is 12.6. The molecule has 0 unspecified atom stereocenters. The van der Waals surface area contributed by atoms with E-state index < -0.39 is 34.0 Å². The van der Waals surface area contributed by atoms with Crippen molar-refractivity contribution in [1.82, 2.24) is 9.62 Å². The molecular weight excluding hydrogens is 372 g/mol. The molecule has 1 aromatic rings. The lowest BCUT2D eigenvalue weighted by Crippen LogP contribution is -2.47. The van der Waals surface area contributed by atoms with Crippen molar-refractivity contribution in [2.75, 3.05) is 13.1 Å². The number of carbonyl (C=O) groups is 2. The molecule has 1 aliphatic rings. The quantitative estimate of drug-likeness (QED) is 0.656. The van der Waals surface area contributed by atoms with Crippen LogP contribution in [0.5, 0.6) is 0 Å². The predicted molar refractivity (Wildman–Crippen MR) is 90.0 cm³/mol. The fourth-order valence-electron chi connectivity index (χ4n) is 2.52. The maximum atomic E-state index is 12.6. The molecule has 0 saturated carbocycles. The molecule has 2 rings (SSSR count). The summed E-state index contributed by atoms with van der Waals surface area (Å²) in [5.41, 5.74) is -0.0610. The third-order valence-corrected chi connectivity index (χ3v) is 6.29. The van der Waals surface area contributed by atoms with Crippen LogP contribution in [-0.2, 0) is 14.8 Å². The number of sulfonamides is 1. The van der Waals surface area contributed by atoms with Crippen molar-refractivity contribution in [2.24, 2.45) is 0 Å². The van der Waals surface area contributed by atoms with Gasteiger partial charge in [-0.25, -0.2) is 13.2 Å². The van der Waals surface area contributed by atoms with Crippen molar-refractivity contribution in [1.29, 1.82) is 0 Å². The molecule has 1 aliphatic heterocycles. The minimum Gasteiger partial charge on any atom is -0.480 e.